The SMILES string of the molecule is C#CCCCNC(=O)c1cc(S)ccc1Cl. The molecule has 0 bridgehead atoms. The largest absolute Gasteiger partial charge is 0.352 e. The van der Waals surface area contributed by atoms with Gasteiger partial charge in [0.05, 0.1) is 10.6 Å². The Labute approximate surface area is 106 Å². The number of benzene rings is 1. The van der Waals surface area contributed by atoms with Gasteiger partial charge in [0.25, 0.3) is 5.91 Å². The van der Waals surface area contributed by atoms with Gasteiger partial charge in [-0.25, -0.2) is 0 Å². The smallest absolute Gasteiger partial charge is 0.252 e. The first-order chi connectivity index (χ1) is 7.65. The highest BCUT2D eigenvalue weighted by Gasteiger charge is 2.09. The molecule has 0 atom stereocenters. The fourth-order valence-electron chi connectivity index (χ4n) is 1.17. The molecule has 0 aliphatic rings. The van der Waals surface area contributed by atoms with Gasteiger partial charge >= 0.3 is 0 Å². The fraction of sp³-hybridized carbons (Fsp3) is 0.250. The summed E-state index contributed by atoms with van der Waals surface area (Å²) < 4.78 is 0. The summed E-state index contributed by atoms with van der Waals surface area (Å²) in [6, 6.07) is 5.03. The Morgan fingerprint density at radius 1 is 1.56 bits per heavy atom. The van der Waals surface area contributed by atoms with Crippen LogP contribution in [0.2, 0.25) is 5.02 Å². The van der Waals surface area contributed by atoms with E-state index in [9.17, 15) is 4.79 Å². The van der Waals surface area contributed by atoms with Crippen molar-refractivity contribution in [2.45, 2.75) is 17.7 Å². The average molecular weight is 254 g/mol. The van der Waals surface area contributed by atoms with Gasteiger partial charge in [-0.05, 0) is 24.6 Å². The maximum Gasteiger partial charge on any atom is 0.252 e. The number of thiol groups is 1. The molecule has 1 aromatic carbocycles. The van der Waals surface area contributed by atoms with E-state index in [-0.39, 0.29) is 5.91 Å². The van der Waals surface area contributed by atoms with Crippen molar-refractivity contribution >= 4 is 30.1 Å². The van der Waals surface area contributed by atoms with Crippen molar-refractivity contribution in [3.63, 3.8) is 0 Å². The number of rotatable bonds is 4. The third-order valence-corrected chi connectivity index (χ3v) is 2.59. The lowest BCUT2D eigenvalue weighted by Crippen LogP contribution is -2.24. The minimum absolute atomic E-state index is 0.196. The second-order valence-corrected chi connectivity index (χ2v) is 4.15. The van der Waals surface area contributed by atoms with E-state index in [2.05, 4.69) is 23.9 Å². The Kier molecular flexibility index (Phi) is 5.24. The van der Waals surface area contributed by atoms with Crippen molar-refractivity contribution in [1.29, 1.82) is 0 Å². The summed E-state index contributed by atoms with van der Waals surface area (Å²) in [6.45, 7) is 0.552. The first-order valence-electron chi connectivity index (χ1n) is 4.85. The van der Waals surface area contributed by atoms with E-state index in [1.165, 1.54) is 0 Å². The lowest BCUT2D eigenvalue weighted by Gasteiger charge is -2.06. The van der Waals surface area contributed by atoms with E-state index in [0.29, 0.717) is 28.4 Å². The highest BCUT2D eigenvalue weighted by molar-refractivity contribution is 7.80. The summed E-state index contributed by atoms with van der Waals surface area (Å²) in [6.07, 6.45) is 6.52. The van der Waals surface area contributed by atoms with Crippen molar-refractivity contribution in [1.82, 2.24) is 5.32 Å². The molecule has 0 saturated carbocycles. The van der Waals surface area contributed by atoms with Crippen LogP contribution in [0.4, 0.5) is 0 Å². The zero-order chi connectivity index (χ0) is 12.0. The van der Waals surface area contributed by atoms with E-state index in [0.717, 1.165) is 6.42 Å². The van der Waals surface area contributed by atoms with Crippen LogP contribution in [-0.2, 0) is 0 Å². The summed E-state index contributed by atoms with van der Waals surface area (Å²) in [7, 11) is 0. The van der Waals surface area contributed by atoms with E-state index in [4.69, 9.17) is 18.0 Å². The fourth-order valence-corrected chi connectivity index (χ4v) is 1.58. The molecule has 1 N–H and O–H groups in total. The van der Waals surface area contributed by atoms with Crippen molar-refractivity contribution in [3.05, 3.63) is 28.8 Å². The Morgan fingerprint density at radius 2 is 2.31 bits per heavy atom. The molecule has 1 aromatic rings. The highest BCUT2D eigenvalue weighted by atomic mass is 35.5. The van der Waals surface area contributed by atoms with Crippen molar-refractivity contribution in [3.8, 4) is 12.3 Å². The predicted octanol–water partition coefficient (Wildman–Crippen LogP) is 2.77. The average Bonchev–Trinajstić information content (AvgIpc) is 2.27. The van der Waals surface area contributed by atoms with Gasteiger partial charge in [-0.1, -0.05) is 11.6 Å². The van der Waals surface area contributed by atoms with Gasteiger partial charge in [0.1, 0.15) is 0 Å². The molecular formula is C12H12ClNOS. The molecule has 16 heavy (non-hydrogen) atoms. The van der Waals surface area contributed by atoms with Gasteiger partial charge in [0.15, 0.2) is 0 Å². The Bertz CT molecular complexity index is 426. The van der Waals surface area contributed by atoms with Gasteiger partial charge in [0.2, 0.25) is 0 Å². The van der Waals surface area contributed by atoms with Crippen molar-refractivity contribution in [2.75, 3.05) is 6.54 Å². The number of carbonyl (C=O) groups is 1. The quantitative estimate of drug-likeness (QED) is 0.482. The van der Waals surface area contributed by atoms with Crippen LogP contribution in [0.1, 0.15) is 23.2 Å². The molecule has 4 heteroatoms. The molecule has 0 aliphatic carbocycles. The summed E-state index contributed by atoms with van der Waals surface area (Å²) >= 11 is 10.1. The van der Waals surface area contributed by atoms with Crippen LogP contribution < -0.4 is 5.32 Å². The summed E-state index contributed by atoms with van der Waals surface area (Å²) in [5.41, 5.74) is 0.440. The van der Waals surface area contributed by atoms with Crippen LogP contribution in [0.25, 0.3) is 0 Å². The molecule has 0 heterocycles. The summed E-state index contributed by atoms with van der Waals surface area (Å²) in [5, 5.41) is 3.17. The van der Waals surface area contributed by atoms with Crippen molar-refractivity contribution < 1.29 is 4.79 Å². The van der Waals surface area contributed by atoms with E-state index >= 15 is 0 Å². The van der Waals surface area contributed by atoms with E-state index in [1.54, 1.807) is 18.2 Å². The molecule has 0 spiro atoms. The van der Waals surface area contributed by atoms with Crippen molar-refractivity contribution in [2.24, 2.45) is 0 Å². The molecule has 1 amide bonds. The third kappa shape index (κ3) is 3.80. The number of halogens is 1. The predicted molar refractivity (Wildman–Crippen MR) is 69.1 cm³/mol. The zero-order valence-corrected chi connectivity index (χ0v) is 10.3. The molecule has 0 unspecified atom stereocenters. The van der Waals surface area contributed by atoms with E-state index in [1.807, 2.05) is 0 Å². The van der Waals surface area contributed by atoms with Crippen LogP contribution in [0.3, 0.4) is 0 Å². The van der Waals surface area contributed by atoms with Gasteiger partial charge in [-0.3, -0.25) is 4.79 Å². The minimum Gasteiger partial charge on any atom is -0.352 e. The Morgan fingerprint density at radius 3 is 3.00 bits per heavy atom. The second-order valence-electron chi connectivity index (χ2n) is 3.23. The molecule has 0 saturated heterocycles. The zero-order valence-electron chi connectivity index (χ0n) is 8.66. The molecule has 84 valence electrons. The lowest BCUT2D eigenvalue weighted by atomic mass is 10.2. The highest BCUT2D eigenvalue weighted by Crippen LogP contribution is 2.19. The van der Waals surface area contributed by atoms with E-state index < -0.39 is 0 Å². The number of unbranched alkanes of at least 4 members (excludes halogenated alkanes) is 1. The Balaban J connectivity index is 2.59. The third-order valence-electron chi connectivity index (χ3n) is 1.98. The lowest BCUT2D eigenvalue weighted by molar-refractivity contribution is 0.0953. The number of hydrogen-bond donors (Lipinski definition) is 2. The van der Waals surface area contributed by atoms with Crippen LogP contribution >= 0.6 is 24.2 Å². The molecule has 0 aliphatic heterocycles. The molecule has 0 aromatic heterocycles. The van der Waals surface area contributed by atoms with Crippen LogP contribution in [0.15, 0.2) is 23.1 Å². The standard InChI is InChI=1S/C12H12ClNOS/c1-2-3-4-7-14-12(15)10-8-9(16)5-6-11(10)13/h1,5-6,8,16H,3-4,7H2,(H,14,15). The first-order valence-corrected chi connectivity index (χ1v) is 5.68. The van der Waals surface area contributed by atoms with Gasteiger partial charge in [-0.15, -0.1) is 25.0 Å². The van der Waals surface area contributed by atoms with Crippen LogP contribution in [-0.4, -0.2) is 12.5 Å². The number of terminal acetylenes is 1. The molecule has 2 nitrogen and oxygen atoms in total. The first kappa shape index (κ1) is 13.0. The molecule has 0 radical (unpaired) electrons. The summed E-state index contributed by atoms with van der Waals surface area (Å²) in [5.74, 6) is 2.32. The van der Waals surface area contributed by atoms with Gasteiger partial charge < -0.3 is 5.32 Å². The Hall–Kier alpha value is -1.11. The topological polar surface area (TPSA) is 29.1 Å². The second kappa shape index (κ2) is 6.47. The molecule has 1 rings (SSSR count). The minimum atomic E-state index is -0.196. The normalized spacial score (nSPS) is 9.56. The number of carbonyl (C=O) groups excluding carboxylic acids is 1. The monoisotopic (exact) mass is 253 g/mol. The number of hydrogen-bond acceptors (Lipinski definition) is 2. The maximum absolute atomic E-state index is 11.7. The summed E-state index contributed by atoms with van der Waals surface area (Å²) in [4.78, 5) is 12.4. The number of nitrogens with one attached hydrogen (secondary N) is 1. The van der Waals surface area contributed by atoms with Crippen LogP contribution in [0.5, 0.6) is 0 Å². The molecular weight excluding hydrogens is 242 g/mol. The molecule has 0 fully saturated rings. The van der Waals surface area contributed by atoms with Gasteiger partial charge in [-0.2, -0.15) is 0 Å². The van der Waals surface area contributed by atoms with Gasteiger partial charge in [0, 0.05) is 17.9 Å². The number of amides is 1. The van der Waals surface area contributed by atoms with Crippen LogP contribution in [0, 0.1) is 12.3 Å². The maximum atomic E-state index is 11.7.